The molecule has 1 aliphatic heterocycles. The third-order valence-electron chi connectivity index (χ3n) is 6.84. The van der Waals surface area contributed by atoms with Crippen molar-refractivity contribution in [3.8, 4) is 17.2 Å². The maximum atomic E-state index is 12.7. The molecule has 0 radical (unpaired) electrons. The summed E-state index contributed by atoms with van der Waals surface area (Å²) in [5, 5.41) is 10.2. The summed E-state index contributed by atoms with van der Waals surface area (Å²) < 4.78 is 5.28. The van der Waals surface area contributed by atoms with Gasteiger partial charge >= 0.3 is 0 Å². The highest BCUT2D eigenvalue weighted by Gasteiger charge is 2.28. The van der Waals surface area contributed by atoms with Gasteiger partial charge in [0, 0.05) is 43.4 Å². The predicted molar refractivity (Wildman–Crippen MR) is 127 cm³/mol. The van der Waals surface area contributed by atoms with Gasteiger partial charge in [-0.15, -0.1) is 0 Å². The Balaban J connectivity index is 1.47. The van der Waals surface area contributed by atoms with E-state index in [4.69, 9.17) is 9.40 Å². The first-order valence-corrected chi connectivity index (χ1v) is 11.8. The Morgan fingerprint density at radius 3 is 2.42 bits per heavy atom. The molecule has 2 aromatic heterocycles. The minimum absolute atomic E-state index is 0.0888. The molecule has 5 rings (SSSR count). The molecule has 168 valence electrons. The van der Waals surface area contributed by atoms with Crippen LogP contribution in [-0.4, -0.2) is 42.0 Å². The van der Waals surface area contributed by atoms with Crippen molar-refractivity contribution >= 4 is 11.7 Å². The average molecular weight is 441 g/mol. The number of nitriles is 1. The zero-order valence-corrected chi connectivity index (χ0v) is 18.7. The summed E-state index contributed by atoms with van der Waals surface area (Å²) in [5.74, 6) is 1.47. The van der Waals surface area contributed by atoms with Crippen molar-refractivity contribution in [3.05, 3.63) is 71.8 Å². The number of pyridine rings is 1. The van der Waals surface area contributed by atoms with E-state index in [1.54, 1.807) is 12.1 Å². The van der Waals surface area contributed by atoms with Gasteiger partial charge in [0.25, 0.3) is 5.91 Å². The molecule has 3 heterocycles. The molecule has 0 N–H and O–H groups in total. The van der Waals surface area contributed by atoms with E-state index in [0.29, 0.717) is 43.4 Å². The zero-order chi connectivity index (χ0) is 22.6. The van der Waals surface area contributed by atoms with Crippen LogP contribution in [0.25, 0.3) is 11.1 Å². The van der Waals surface area contributed by atoms with Crippen LogP contribution < -0.4 is 4.90 Å². The van der Waals surface area contributed by atoms with Gasteiger partial charge in [0.05, 0.1) is 6.26 Å². The number of anilines is 1. The topological polar surface area (TPSA) is 73.4 Å². The van der Waals surface area contributed by atoms with E-state index in [0.717, 1.165) is 35.5 Å². The zero-order valence-electron chi connectivity index (χ0n) is 18.7. The molecule has 1 aliphatic carbocycles. The van der Waals surface area contributed by atoms with Crippen LogP contribution in [0.3, 0.4) is 0 Å². The van der Waals surface area contributed by atoms with Crippen molar-refractivity contribution in [2.45, 2.75) is 38.0 Å². The first kappa shape index (κ1) is 21.3. The minimum atomic E-state index is -0.0888. The first-order valence-electron chi connectivity index (χ1n) is 11.8. The number of amides is 1. The normalized spacial score (nSPS) is 17.1. The van der Waals surface area contributed by atoms with Crippen molar-refractivity contribution in [2.75, 3.05) is 31.1 Å². The Bertz CT molecular complexity index is 1140. The predicted octanol–water partition coefficient (Wildman–Crippen LogP) is 5.22. The molecule has 2 aliphatic rings. The highest BCUT2D eigenvalue weighted by atomic mass is 16.3. The Hall–Kier alpha value is -3.59. The highest BCUT2D eigenvalue weighted by Crippen LogP contribution is 2.37. The number of carbonyl (C=O) groups excluding carboxylic acids is 1. The van der Waals surface area contributed by atoms with E-state index in [1.165, 1.54) is 25.5 Å². The lowest BCUT2D eigenvalue weighted by molar-refractivity contribution is 0.0714. The lowest BCUT2D eigenvalue weighted by Gasteiger charge is -2.36. The molecule has 2 fully saturated rings. The van der Waals surface area contributed by atoms with Crippen LogP contribution in [0.5, 0.6) is 0 Å². The maximum Gasteiger partial charge on any atom is 0.289 e. The summed E-state index contributed by atoms with van der Waals surface area (Å²) in [7, 11) is 0. The van der Waals surface area contributed by atoms with Gasteiger partial charge in [0.2, 0.25) is 0 Å². The van der Waals surface area contributed by atoms with Gasteiger partial charge in [-0.2, -0.15) is 5.26 Å². The summed E-state index contributed by atoms with van der Waals surface area (Å²) in [5.41, 5.74) is 3.71. The monoisotopic (exact) mass is 440 g/mol. The number of nitrogens with zero attached hydrogens (tertiary/aromatic N) is 4. The molecule has 1 aromatic carbocycles. The van der Waals surface area contributed by atoms with Crippen molar-refractivity contribution in [1.29, 1.82) is 5.26 Å². The summed E-state index contributed by atoms with van der Waals surface area (Å²) >= 11 is 0. The molecule has 1 amide bonds. The average Bonchev–Trinajstić information content (AvgIpc) is 3.44. The van der Waals surface area contributed by atoms with E-state index >= 15 is 0 Å². The lowest BCUT2D eigenvalue weighted by Crippen LogP contribution is -2.49. The summed E-state index contributed by atoms with van der Waals surface area (Å²) in [6.07, 6.45) is 7.58. The van der Waals surface area contributed by atoms with Gasteiger partial charge in [-0.25, -0.2) is 4.98 Å². The molecule has 0 spiro atoms. The maximum absolute atomic E-state index is 12.7. The number of hydrogen-bond donors (Lipinski definition) is 0. The van der Waals surface area contributed by atoms with Crippen LogP contribution in [-0.2, 0) is 0 Å². The number of hydrogen-bond acceptors (Lipinski definition) is 5. The molecule has 33 heavy (non-hydrogen) atoms. The van der Waals surface area contributed by atoms with E-state index < -0.39 is 0 Å². The van der Waals surface area contributed by atoms with Crippen molar-refractivity contribution in [1.82, 2.24) is 9.88 Å². The Kier molecular flexibility index (Phi) is 6.12. The molecule has 0 unspecified atom stereocenters. The van der Waals surface area contributed by atoms with E-state index in [2.05, 4.69) is 29.2 Å². The first-order chi connectivity index (χ1) is 16.2. The summed E-state index contributed by atoms with van der Waals surface area (Å²) in [6.45, 7) is 2.41. The summed E-state index contributed by atoms with van der Waals surface area (Å²) in [4.78, 5) is 21.7. The van der Waals surface area contributed by atoms with Crippen LogP contribution in [0, 0.1) is 11.3 Å². The Morgan fingerprint density at radius 2 is 1.76 bits per heavy atom. The second-order valence-electron chi connectivity index (χ2n) is 8.86. The van der Waals surface area contributed by atoms with Gasteiger partial charge < -0.3 is 14.2 Å². The molecule has 6 nitrogen and oxygen atoms in total. The molecular weight excluding hydrogens is 412 g/mol. The van der Waals surface area contributed by atoms with Gasteiger partial charge in [-0.3, -0.25) is 4.79 Å². The van der Waals surface area contributed by atoms with Gasteiger partial charge in [-0.1, -0.05) is 49.6 Å². The van der Waals surface area contributed by atoms with Crippen LogP contribution in [0.4, 0.5) is 5.82 Å². The van der Waals surface area contributed by atoms with Gasteiger partial charge in [0.15, 0.2) is 5.76 Å². The van der Waals surface area contributed by atoms with Gasteiger partial charge in [-0.05, 0) is 36.6 Å². The largest absolute Gasteiger partial charge is 0.459 e. The molecular formula is C27H28N4O2. The fraction of sp³-hybridized carbons (Fsp3) is 0.370. The van der Waals surface area contributed by atoms with Crippen LogP contribution in [0.1, 0.15) is 59.8 Å². The van der Waals surface area contributed by atoms with Crippen molar-refractivity contribution < 1.29 is 9.21 Å². The number of rotatable bonds is 4. The van der Waals surface area contributed by atoms with E-state index in [1.807, 2.05) is 23.1 Å². The molecule has 3 aromatic rings. The Morgan fingerprint density at radius 1 is 1.00 bits per heavy atom. The number of piperazine rings is 1. The number of aromatic nitrogens is 1. The third kappa shape index (κ3) is 4.36. The summed E-state index contributed by atoms with van der Waals surface area (Å²) in [6, 6.07) is 18.2. The van der Waals surface area contributed by atoms with Crippen LogP contribution in [0.2, 0.25) is 0 Å². The van der Waals surface area contributed by atoms with E-state index in [9.17, 15) is 10.1 Å². The molecule has 6 heteroatoms. The molecule has 0 bridgehead atoms. The second-order valence-corrected chi connectivity index (χ2v) is 8.86. The molecule has 1 saturated carbocycles. The fourth-order valence-electron chi connectivity index (χ4n) is 5.02. The highest BCUT2D eigenvalue weighted by molar-refractivity contribution is 5.91. The fourth-order valence-corrected chi connectivity index (χ4v) is 5.02. The smallest absolute Gasteiger partial charge is 0.289 e. The second kappa shape index (κ2) is 9.50. The van der Waals surface area contributed by atoms with Crippen molar-refractivity contribution in [3.63, 3.8) is 0 Å². The quantitative estimate of drug-likeness (QED) is 0.556. The van der Waals surface area contributed by atoms with E-state index in [-0.39, 0.29) is 5.91 Å². The Labute approximate surface area is 194 Å². The third-order valence-corrected chi connectivity index (χ3v) is 6.84. The minimum Gasteiger partial charge on any atom is -0.459 e. The number of carbonyl (C=O) groups is 1. The number of furan rings is 1. The SMILES string of the molecule is N#Cc1c(-c2ccccc2)cc(C2CCCCC2)nc1N1CCN(C(=O)c2ccco2)CC1. The van der Waals surface area contributed by atoms with Crippen LogP contribution in [0.15, 0.2) is 59.2 Å². The van der Waals surface area contributed by atoms with Gasteiger partial charge in [0.1, 0.15) is 17.5 Å². The standard InChI is InChI=1S/C27H28N4O2/c28-19-23-22(20-8-3-1-4-9-20)18-24(21-10-5-2-6-11-21)29-26(23)30-13-15-31(16-14-30)27(32)25-12-7-17-33-25/h1,3-4,7-9,12,17-18,21H,2,5-6,10-11,13-16H2. The molecule has 1 saturated heterocycles. The molecule has 0 atom stereocenters. The lowest BCUT2D eigenvalue weighted by atomic mass is 9.85. The van der Waals surface area contributed by atoms with Crippen molar-refractivity contribution in [2.24, 2.45) is 0 Å². The van der Waals surface area contributed by atoms with Crippen LogP contribution >= 0.6 is 0 Å². The number of benzene rings is 1.